The Kier molecular flexibility index (Phi) is 1.77. The molecule has 2 unspecified atom stereocenters. The van der Waals surface area contributed by atoms with E-state index >= 15 is 0 Å². The highest BCUT2D eigenvalue weighted by molar-refractivity contribution is 5.48. The molecule has 0 radical (unpaired) electrons. The van der Waals surface area contributed by atoms with Crippen LogP contribution in [0.2, 0.25) is 0 Å². The smallest absolute Gasteiger partial charge is 0.182 e. The first-order valence-electron chi connectivity index (χ1n) is 5.72. The minimum absolute atomic E-state index is 0.0172. The average Bonchev–Trinajstić information content (AvgIpc) is 3.04. The van der Waals surface area contributed by atoms with E-state index in [-0.39, 0.29) is 23.7 Å². The second kappa shape index (κ2) is 3.01. The molecule has 0 aromatic carbocycles. The summed E-state index contributed by atoms with van der Waals surface area (Å²) in [5.41, 5.74) is -3.11. The van der Waals surface area contributed by atoms with E-state index in [1.165, 1.54) is 0 Å². The van der Waals surface area contributed by atoms with Crippen LogP contribution in [-0.2, 0) is 0 Å². The Hall–Kier alpha value is -2.56. The summed E-state index contributed by atoms with van der Waals surface area (Å²) < 4.78 is 0. The van der Waals surface area contributed by atoms with Gasteiger partial charge < -0.3 is 0 Å². The molecule has 1 fully saturated rings. The van der Waals surface area contributed by atoms with Gasteiger partial charge in [-0.25, -0.2) is 0 Å². The van der Waals surface area contributed by atoms with Crippen LogP contribution in [0.25, 0.3) is 0 Å². The molecule has 0 heterocycles. The first-order valence-corrected chi connectivity index (χ1v) is 5.72. The topological polar surface area (TPSA) is 95.2 Å². The first-order chi connectivity index (χ1) is 8.70. The Morgan fingerprint density at radius 2 is 1.06 bits per heavy atom. The summed E-state index contributed by atoms with van der Waals surface area (Å²) in [4.78, 5) is 0. The van der Waals surface area contributed by atoms with Crippen molar-refractivity contribution in [3.63, 3.8) is 0 Å². The second-order valence-electron chi connectivity index (χ2n) is 5.04. The van der Waals surface area contributed by atoms with Gasteiger partial charge in [0, 0.05) is 11.8 Å². The standard InChI is InChI=1S/C14H8N4/c15-5-13(6-16)10-3-1-9-2-4-11(12(9)10)14(13,7-17)8-18/h1-4,9-12H. The molecular formula is C14H8N4. The summed E-state index contributed by atoms with van der Waals surface area (Å²) in [6.45, 7) is 0. The molecule has 3 aliphatic carbocycles. The van der Waals surface area contributed by atoms with Crippen LogP contribution in [0.3, 0.4) is 0 Å². The second-order valence-corrected chi connectivity index (χ2v) is 5.04. The van der Waals surface area contributed by atoms with E-state index in [1.807, 2.05) is 48.6 Å². The lowest BCUT2D eigenvalue weighted by Crippen LogP contribution is -2.39. The summed E-state index contributed by atoms with van der Waals surface area (Å²) in [6.07, 6.45) is 7.64. The van der Waals surface area contributed by atoms with Gasteiger partial charge in [0.05, 0.1) is 24.3 Å². The fourth-order valence-electron chi connectivity index (χ4n) is 3.87. The van der Waals surface area contributed by atoms with Gasteiger partial charge in [-0.15, -0.1) is 0 Å². The summed E-state index contributed by atoms with van der Waals surface area (Å²) >= 11 is 0. The van der Waals surface area contributed by atoms with E-state index in [1.54, 1.807) is 0 Å². The number of allylic oxidation sites excluding steroid dienone is 4. The third-order valence-electron chi connectivity index (χ3n) is 4.68. The Morgan fingerprint density at radius 3 is 1.39 bits per heavy atom. The summed E-state index contributed by atoms with van der Waals surface area (Å²) in [5.74, 6) is -0.471. The van der Waals surface area contributed by atoms with Gasteiger partial charge in [-0.05, 0) is 11.8 Å². The van der Waals surface area contributed by atoms with E-state index in [4.69, 9.17) is 0 Å². The molecule has 0 saturated heterocycles. The molecule has 4 nitrogen and oxygen atoms in total. The van der Waals surface area contributed by atoms with Gasteiger partial charge >= 0.3 is 0 Å². The van der Waals surface area contributed by atoms with E-state index in [9.17, 15) is 21.0 Å². The Bertz CT molecular complexity index is 559. The van der Waals surface area contributed by atoms with Crippen LogP contribution in [-0.4, -0.2) is 0 Å². The van der Waals surface area contributed by atoms with Crippen LogP contribution in [0.15, 0.2) is 24.3 Å². The highest BCUT2D eigenvalue weighted by atomic mass is 14.7. The Balaban J connectivity index is 2.34. The van der Waals surface area contributed by atoms with Crippen molar-refractivity contribution in [2.45, 2.75) is 0 Å². The largest absolute Gasteiger partial charge is 0.196 e. The van der Waals surface area contributed by atoms with Crippen molar-refractivity contribution >= 4 is 0 Å². The first kappa shape index (κ1) is 10.6. The fraction of sp³-hybridized carbons (Fsp3) is 0.429. The lowest BCUT2D eigenvalue weighted by atomic mass is 9.63. The molecule has 0 amide bonds. The molecule has 0 spiro atoms. The molecule has 18 heavy (non-hydrogen) atoms. The maximum atomic E-state index is 9.46. The van der Waals surface area contributed by atoms with Gasteiger partial charge in [0.2, 0.25) is 0 Å². The maximum absolute atomic E-state index is 9.46. The monoisotopic (exact) mass is 232 g/mol. The van der Waals surface area contributed by atoms with Crippen molar-refractivity contribution in [1.82, 2.24) is 0 Å². The van der Waals surface area contributed by atoms with Gasteiger partial charge in [-0.3, -0.25) is 0 Å². The van der Waals surface area contributed by atoms with Gasteiger partial charge in [0.15, 0.2) is 10.8 Å². The number of hydrogen-bond acceptors (Lipinski definition) is 4. The van der Waals surface area contributed by atoms with Crippen LogP contribution < -0.4 is 0 Å². The minimum Gasteiger partial charge on any atom is -0.196 e. The number of nitriles is 4. The third-order valence-corrected chi connectivity index (χ3v) is 4.68. The van der Waals surface area contributed by atoms with Crippen LogP contribution in [0, 0.1) is 79.8 Å². The van der Waals surface area contributed by atoms with Crippen LogP contribution in [0.1, 0.15) is 0 Å². The van der Waals surface area contributed by atoms with Gasteiger partial charge in [0.1, 0.15) is 0 Å². The predicted octanol–water partition coefficient (Wildman–Crippen LogP) is 1.67. The van der Waals surface area contributed by atoms with Gasteiger partial charge in [-0.1, -0.05) is 24.3 Å². The molecule has 84 valence electrons. The Labute approximate surface area is 105 Å². The molecule has 3 aliphatic rings. The zero-order valence-electron chi connectivity index (χ0n) is 9.41. The molecule has 4 heteroatoms. The molecule has 0 bridgehead atoms. The van der Waals surface area contributed by atoms with Crippen molar-refractivity contribution in [2.75, 3.05) is 0 Å². The lowest BCUT2D eigenvalue weighted by molar-refractivity contribution is 0.290. The van der Waals surface area contributed by atoms with E-state index in [2.05, 4.69) is 0 Å². The molecular weight excluding hydrogens is 224 g/mol. The number of nitrogens with zero attached hydrogens (tertiary/aromatic N) is 4. The molecule has 0 aliphatic heterocycles. The fourth-order valence-corrected chi connectivity index (χ4v) is 3.87. The highest BCUT2D eigenvalue weighted by Crippen LogP contribution is 2.68. The third kappa shape index (κ3) is 0.756. The van der Waals surface area contributed by atoms with Gasteiger partial charge in [-0.2, -0.15) is 21.0 Å². The molecule has 2 atom stereocenters. The van der Waals surface area contributed by atoms with Crippen molar-refractivity contribution in [3.8, 4) is 24.3 Å². The average molecular weight is 232 g/mol. The van der Waals surface area contributed by atoms with Crippen LogP contribution in [0.5, 0.6) is 0 Å². The SMILES string of the molecule is N#CC1(C#N)C2C=CC3C=CC(C32)C1(C#N)C#N. The van der Waals surface area contributed by atoms with Crippen molar-refractivity contribution in [3.05, 3.63) is 24.3 Å². The normalized spacial score (nSPS) is 39.3. The van der Waals surface area contributed by atoms with Crippen LogP contribution in [0.4, 0.5) is 0 Å². The predicted molar refractivity (Wildman–Crippen MR) is 59.6 cm³/mol. The van der Waals surface area contributed by atoms with E-state index < -0.39 is 10.8 Å². The number of hydrogen-bond donors (Lipinski definition) is 0. The maximum Gasteiger partial charge on any atom is 0.182 e. The van der Waals surface area contributed by atoms with Crippen molar-refractivity contribution < 1.29 is 0 Å². The summed E-state index contributed by atoms with van der Waals surface area (Å²) in [6, 6.07) is 7.94. The van der Waals surface area contributed by atoms with Crippen molar-refractivity contribution in [2.24, 2.45) is 34.5 Å². The quantitative estimate of drug-likeness (QED) is 0.593. The molecule has 0 N–H and O–H groups in total. The van der Waals surface area contributed by atoms with Gasteiger partial charge in [0.25, 0.3) is 0 Å². The number of rotatable bonds is 0. The Morgan fingerprint density at radius 1 is 0.667 bits per heavy atom. The van der Waals surface area contributed by atoms with E-state index in [0.29, 0.717) is 0 Å². The lowest BCUT2D eigenvalue weighted by Gasteiger charge is -2.28. The minimum atomic E-state index is -1.55. The molecule has 3 rings (SSSR count). The molecule has 0 aromatic heterocycles. The molecule has 0 aromatic rings. The van der Waals surface area contributed by atoms with E-state index in [0.717, 1.165) is 0 Å². The summed E-state index contributed by atoms with van der Waals surface area (Å²) in [7, 11) is 0. The zero-order valence-corrected chi connectivity index (χ0v) is 9.41. The summed E-state index contributed by atoms with van der Waals surface area (Å²) in [5, 5.41) is 37.8. The van der Waals surface area contributed by atoms with Crippen molar-refractivity contribution in [1.29, 1.82) is 21.0 Å². The zero-order chi connectivity index (χ0) is 13.0. The molecule has 1 saturated carbocycles. The van der Waals surface area contributed by atoms with Crippen LogP contribution >= 0.6 is 0 Å². The highest BCUT2D eigenvalue weighted by Gasteiger charge is 2.73.